The molecule has 8 nitrogen and oxygen atoms in total. The molecule has 3 rings (SSSR count). The highest BCUT2D eigenvalue weighted by atomic mass is 19.1. The molecule has 0 radical (unpaired) electrons. The molecular weight excluding hydrogens is 415 g/mol. The van der Waals surface area contributed by atoms with Crippen molar-refractivity contribution in [1.82, 2.24) is 20.2 Å². The van der Waals surface area contributed by atoms with Gasteiger partial charge in [0.1, 0.15) is 12.1 Å². The molecule has 0 saturated carbocycles. The second-order valence-corrected chi connectivity index (χ2v) is 7.07. The number of benzene rings is 2. The summed E-state index contributed by atoms with van der Waals surface area (Å²) < 4.78 is 25.3. The average molecular weight is 438 g/mol. The van der Waals surface area contributed by atoms with Crippen molar-refractivity contribution in [2.24, 2.45) is 0 Å². The largest absolute Gasteiger partial charge is 0.493 e. The Hall–Kier alpha value is -4.01. The lowest BCUT2D eigenvalue weighted by Crippen LogP contribution is -2.27. The third kappa shape index (κ3) is 5.57. The molecule has 1 aromatic heterocycles. The monoisotopic (exact) mass is 438 g/mol. The van der Waals surface area contributed by atoms with Crippen molar-refractivity contribution >= 4 is 11.8 Å². The summed E-state index contributed by atoms with van der Waals surface area (Å²) in [6.45, 7) is 0.0314. The molecule has 0 aliphatic heterocycles. The smallest absolute Gasteiger partial charge is 0.259 e. The number of halogens is 1. The van der Waals surface area contributed by atoms with Crippen molar-refractivity contribution in [1.29, 1.82) is 0 Å². The van der Waals surface area contributed by atoms with Gasteiger partial charge in [0.25, 0.3) is 11.8 Å². The maximum atomic E-state index is 14.5. The van der Waals surface area contributed by atoms with Crippen LogP contribution in [0.4, 0.5) is 4.39 Å². The number of methoxy groups -OCH3 is 1. The van der Waals surface area contributed by atoms with Crippen LogP contribution >= 0.6 is 0 Å². The Morgan fingerprint density at radius 3 is 2.44 bits per heavy atom. The predicted octanol–water partition coefficient (Wildman–Crippen LogP) is 2.69. The number of ether oxygens (including phenoxy) is 2. The van der Waals surface area contributed by atoms with Crippen LogP contribution in [0, 0.1) is 5.82 Å². The minimum atomic E-state index is -0.643. The number of aromatic nitrogens is 2. The number of likely N-dealkylation sites (N-methyl/N-ethyl adjacent to an activating group) is 1. The Kier molecular flexibility index (Phi) is 7.33. The van der Waals surface area contributed by atoms with Crippen LogP contribution in [0.1, 0.15) is 15.9 Å². The molecule has 32 heavy (non-hydrogen) atoms. The molecule has 3 aromatic rings. The summed E-state index contributed by atoms with van der Waals surface area (Å²) in [5.41, 5.74) is 1.88. The number of nitrogens with one attached hydrogen (secondary N) is 1. The third-order valence-corrected chi connectivity index (χ3v) is 4.64. The molecule has 2 amide bonds. The number of carbonyl (C=O) groups excluding carboxylic acids is 2. The van der Waals surface area contributed by atoms with Crippen LogP contribution in [-0.2, 0) is 11.3 Å². The van der Waals surface area contributed by atoms with Gasteiger partial charge in [0.15, 0.2) is 18.1 Å². The first-order valence-electron chi connectivity index (χ1n) is 9.72. The minimum absolute atomic E-state index is 0.0697. The van der Waals surface area contributed by atoms with Crippen LogP contribution in [-0.4, -0.2) is 54.5 Å². The van der Waals surface area contributed by atoms with E-state index in [4.69, 9.17) is 9.47 Å². The van der Waals surface area contributed by atoms with Gasteiger partial charge in [-0.2, -0.15) is 0 Å². The lowest BCUT2D eigenvalue weighted by molar-refractivity contribution is -0.130. The Morgan fingerprint density at radius 1 is 1.03 bits per heavy atom. The van der Waals surface area contributed by atoms with Gasteiger partial charge in [-0.15, -0.1) is 0 Å². The fourth-order valence-corrected chi connectivity index (χ4v) is 2.81. The number of nitrogens with zero attached hydrogens (tertiary/aromatic N) is 3. The molecule has 0 fully saturated rings. The van der Waals surface area contributed by atoms with Crippen LogP contribution in [0.3, 0.4) is 0 Å². The van der Waals surface area contributed by atoms with Crippen molar-refractivity contribution in [2.45, 2.75) is 6.54 Å². The first kappa shape index (κ1) is 22.7. The number of hydrogen-bond acceptors (Lipinski definition) is 6. The zero-order chi connectivity index (χ0) is 23.1. The van der Waals surface area contributed by atoms with Crippen LogP contribution < -0.4 is 14.8 Å². The van der Waals surface area contributed by atoms with Gasteiger partial charge in [-0.05, 0) is 35.4 Å². The van der Waals surface area contributed by atoms with E-state index in [0.29, 0.717) is 22.6 Å². The Morgan fingerprint density at radius 2 is 1.78 bits per heavy atom. The molecule has 0 bridgehead atoms. The molecule has 166 valence electrons. The standard InChI is InChI=1S/C23H23FN4O4/c1-28(2)22(29)13-32-20-7-4-15(8-21(20)31-3)10-27-23(30)18-6-5-16(9-19(18)24)17-11-25-14-26-12-17/h4-9,11-12,14H,10,13H2,1-3H3,(H,27,30). The lowest BCUT2D eigenvalue weighted by Gasteiger charge is -2.14. The van der Waals surface area contributed by atoms with E-state index in [1.807, 2.05) is 0 Å². The van der Waals surface area contributed by atoms with E-state index in [9.17, 15) is 14.0 Å². The third-order valence-electron chi connectivity index (χ3n) is 4.64. The molecular formula is C23H23FN4O4. The molecule has 0 aliphatic carbocycles. The Bertz CT molecular complexity index is 1110. The van der Waals surface area contributed by atoms with E-state index in [1.165, 1.54) is 30.5 Å². The van der Waals surface area contributed by atoms with Crippen molar-refractivity contribution in [3.8, 4) is 22.6 Å². The Labute approximate surface area is 185 Å². The van der Waals surface area contributed by atoms with E-state index < -0.39 is 11.7 Å². The van der Waals surface area contributed by atoms with Gasteiger partial charge in [0, 0.05) is 38.6 Å². The topological polar surface area (TPSA) is 93.6 Å². The summed E-state index contributed by atoms with van der Waals surface area (Å²) in [6, 6.07) is 9.41. The normalized spacial score (nSPS) is 10.4. The van der Waals surface area contributed by atoms with Gasteiger partial charge >= 0.3 is 0 Å². The fraction of sp³-hybridized carbons (Fsp3) is 0.217. The zero-order valence-corrected chi connectivity index (χ0v) is 18.0. The van der Waals surface area contributed by atoms with Gasteiger partial charge in [-0.25, -0.2) is 14.4 Å². The molecule has 0 unspecified atom stereocenters. The van der Waals surface area contributed by atoms with Gasteiger partial charge in [-0.3, -0.25) is 9.59 Å². The molecule has 0 aliphatic rings. The average Bonchev–Trinajstić information content (AvgIpc) is 2.81. The quantitative estimate of drug-likeness (QED) is 0.581. The van der Waals surface area contributed by atoms with E-state index in [-0.39, 0.29) is 24.6 Å². The fourth-order valence-electron chi connectivity index (χ4n) is 2.81. The highest BCUT2D eigenvalue weighted by Crippen LogP contribution is 2.28. The first-order valence-corrected chi connectivity index (χ1v) is 9.72. The van der Waals surface area contributed by atoms with Crippen LogP contribution in [0.2, 0.25) is 0 Å². The minimum Gasteiger partial charge on any atom is -0.493 e. The summed E-state index contributed by atoms with van der Waals surface area (Å²) in [5, 5.41) is 2.69. The summed E-state index contributed by atoms with van der Waals surface area (Å²) in [7, 11) is 4.76. The van der Waals surface area contributed by atoms with Crippen molar-refractivity contribution in [3.63, 3.8) is 0 Å². The predicted molar refractivity (Wildman–Crippen MR) is 116 cm³/mol. The molecule has 2 aromatic carbocycles. The van der Waals surface area contributed by atoms with Crippen molar-refractivity contribution in [2.75, 3.05) is 27.8 Å². The van der Waals surface area contributed by atoms with Crippen LogP contribution in [0.5, 0.6) is 11.5 Å². The van der Waals surface area contributed by atoms with Crippen molar-refractivity contribution < 1.29 is 23.5 Å². The highest BCUT2D eigenvalue weighted by molar-refractivity contribution is 5.95. The summed E-state index contributed by atoms with van der Waals surface area (Å²) in [4.78, 5) is 33.4. The maximum absolute atomic E-state index is 14.5. The number of carbonyl (C=O) groups is 2. The second-order valence-electron chi connectivity index (χ2n) is 7.07. The van der Waals surface area contributed by atoms with Gasteiger partial charge < -0.3 is 19.7 Å². The summed E-state index contributed by atoms with van der Waals surface area (Å²) in [6.07, 6.45) is 4.52. The molecule has 1 N–H and O–H groups in total. The van der Waals surface area contributed by atoms with Crippen LogP contribution in [0.15, 0.2) is 55.1 Å². The van der Waals surface area contributed by atoms with E-state index in [2.05, 4.69) is 15.3 Å². The molecule has 0 atom stereocenters. The van der Waals surface area contributed by atoms with E-state index in [1.54, 1.807) is 50.8 Å². The second kappa shape index (κ2) is 10.3. The SMILES string of the molecule is COc1cc(CNC(=O)c2ccc(-c3cncnc3)cc2F)ccc1OCC(=O)N(C)C. The maximum Gasteiger partial charge on any atom is 0.259 e. The summed E-state index contributed by atoms with van der Waals surface area (Å²) >= 11 is 0. The van der Waals surface area contributed by atoms with Gasteiger partial charge in [0.05, 0.1) is 12.7 Å². The molecule has 9 heteroatoms. The molecule has 0 spiro atoms. The van der Waals surface area contributed by atoms with Crippen molar-refractivity contribution in [3.05, 3.63) is 72.1 Å². The van der Waals surface area contributed by atoms with E-state index >= 15 is 0 Å². The number of rotatable bonds is 8. The molecule has 1 heterocycles. The number of amides is 2. The van der Waals surface area contributed by atoms with E-state index in [0.717, 1.165) is 5.56 Å². The lowest BCUT2D eigenvalue weighted by atomic mass is 10.1. The summed E-state index contributed by atoms with van der Waals surface area (Å²) in [5.74, 6) is -0.547. The van der Waals surface area contributed by atoms with Crippen LogP contribution in [0.25, 0.3) is 11.1 Å². The molecule has 0 saturated heterocycles. The van der Waals surface area contributed by atoms with Gasteiger partial charge in [-0.1, -0.05) is 12.1 Å². The zero-order valence-electron chi connectivity index (χ0n) is 18.0. The van der Waals surface area contributed by atoms with Gasteiger partial charge in [0.2, 0.25) is 0 Å². The number of hydrogen-bond donors (Lipinski definition) is 1. The highest BCUT2D eigenvalue weighted by Gasteiger charge is 2.14. The first-order chi connectivity index (χ1) is 15.4. The Balaban J connectivity index is 1.65.